The fourth-order valence-corrected chi connectivity index (χ4v) is 20.3. The highest BCUT2D eigenvalue weighted by atomic mass is 16.5. The van der Waals surface area contributed by atoms with E-state index in [9.17, 15) is 0 Å². The molecule has 0 spiro atoms. The van der Waals surface area contributed by atoms with Crippen LogP contribution in [0.1, 0.15) is 452 Å². The second-order valence-corrected chi connectivity index (χ2v) is 38.9. The van der Waals surface area contributed by atoms with E-state index in [0.717, 1.165) is 262 Å². The zero-order valence-corrected chi connectivity index (χ0v) is 79.0. The van der Waals surface area contributed by atoms with Gasteiger partial charge in [0.1, 0.15) is 0 Å². The fraction of sp³-hybridized carbons (Fsp3) is 0.684. The van der Waals surface area contributed by atoms with Crippen molar-refractivity contribution in [3.8, 4) is 69.0 Å². The topological polar surface area (TPSA) is 111 Å². The Morgan fingerprint density at radius 3 is 0.222 bits per heavy atom. The summed E-state index contributed by atoms with van der Waals surface area (Å²) >= 11 is 0. The summed E-state index contributed by atoms with van der Waals surface area (Å²) in [5, 5.41) is 0. The minimum atomic E-state index is 0.667. The summed E-state index contributed by atoms with van der Waals surface area (Å²) in [5.74, 6) is 10.6. The standard InChI is InChI=1S/C114H168O12/c1-2-14-26-38-50-62-116-105-81-93-75-97-85-109-113-89-101(97)78-102-90-114-111-87-99(102)76-95(93)82-106(105)118-64-52-40-28-16-4-3-15-27-39-51-63-117-104-80-92-74-96-84-108(120-66-54-42-30-18-7-10-23-35-47-59-71-125-113)112(124-70-58-46-34-22-11-8-19-31-43-55-67-121-109)88-100(96)77-98-86-110(122-68-56-44-32-20-9-12-21-33-45-57-69-123-111)107(119-65-53-41-29-17-5-6-24-36-48-60-72-126-114)83-94(98)73-91(92)79-103(104)115-61-49-37-25-13-1/h79-90H,1-78H2. The average Bonchev–Trinajstić information content (AvgIpc) is 1.59. The lowest BCUT2D eigenvalue weighted by Gasteiger charge is -2.20. The summed E-state index contributed by atoms with van der Waals surface area (Å²) in [5.41, 5.74) is 15.4. The predicted octanol–water partition coefficient (Wildman–Crippen LogP) is 31.6. The van der Waals surface area contributed by atoms with Crippen molar-refractivity contribution in [2.24, 2.45) is 0 Å². The van der Waals surface area contributed by atoms with Crippen LogP contribution < -0.4 is 56.8 Å². The zero-order valence-electron chi connectivity index (χ0n) is 79.0. The largest absolute Gasteiger partial charge is 0.490 e. The molecule has 11 rings (SSSR count). The van der Waals surface area contributed by atoms with Gasteiger partial charge in [-0.25, -0.2) is 0 Å². The maximum Gasteiger partial charge on any atom is 0.161 e. The molecule has 0 bridgehead atoms. The molecule has 0 saturated heterocycles. The van der Waals surface area contributed by atoms with E-state index < -0.39 is 0 Å². The maximum atomic E-state index is 7.09. The summed E-state index contributed by atoms with van der Waals surface area (Å²) in [6.07, 6.45) is 75.3. The van der Waals surface area contributed by atoms with Crippen LogP contribution in [0.5, 0.6) is 69.0 Å². The molecule has 3 aliphatic heterocycles. The average molecular weight is 1730 g/mol. The molecule has 3 heterocycles. The lowest BCUT2D eigenvalue weighted by atomic mass is 9.94. The van der Waals surface area contributed by atoms with Crippen LogP contribution in [0.4, 0.5) is 0 Å². The monoisotopic (exact) mass is 1730 g/mol. The van der Waals surface area contributed by atoms with Crippen molar-refractivity contribution in [2.75, 3.05) is 79.3 Å². The quantitative estimate of drug-likeness (QED) is 0.144. The predicted molar refractivity (Wildman–Crippen MR) is 518 cm³/mol. The second-order valence-electron chi connectivity index (χ2n) is 38.9. The van der Waals surface area contributed by atoms with Crippen molar-refractivity contribution in [1.29, 1.82) is 0 Å². The Morgan fingerprint density at radius 2 is 0.151 bits per heavy atom. The van der Waals surface area contributed by atoms with Gasteiger partial charge in [0.2, 0.25) is 0 Å². The van der Waals surface area contributed by atoms with Crippen LogP contribution in [-0.4, -0.2) is 79.3 Å². The maximum absolute atomic E-state index is 7.09. The van der Waals surface area contributed by atoms with E-state index in [0.29, 0.717) is 79.3 Å². The molecule has 126 heavy (non-hydrogen) atoms. The van der Waals surface area contributed by atoms with Crippen molar-refractivity contribution in [3.05, 3.63) is 140 Å². The lowest BCUT2D eigenvalue weighted by molar-refractivity contribution is 0.257. The molecule has 12 nitrogen and oxygen atoms in total. The van der Waals surface area contributed by atoms with Crippen LogP contribution in [0.15, 0.2) is 72.8 Å². The Bertz CT molecular complexity index is 3140. The lowest BCUT2D eigenvalue weighted by Crippen LogP contribution is -2.07. The molecule has 0 saturated carbocycles. The number of hydrogen-bond donors (Lipinski definition) is 0. The molecule has 0 unspecified atom stereocenters. The molecule has 0 fully saturated rings. The smallest absolute Gasteiger partial charge is 0.161 e. The molecule has 2 aliphatic carbocycles. The van der Waals surface area contributed by atoms with Crippen molar-refractivity contribution < 1.29 is 56.8 Å². The molecule has 12 heteroatoms. The molecule has 0 atom stereocenters. The Labute approximate surface area is 764 Å². The first-order chi connectivity index (χ1) is 62.6. The molecule has 5 aliphatic rings. The van der Waals surface area contributed by atoms with Gasteiger partial charge in [-0.2, -0.15) is 0 Å². The van der Waals surface area contributed by atoms with E-state index >= 15 is 0 Å². The molecule has 696 valence electrons. The molecule has 0 aromatic heterocycles. The molecule has 0 N–H and O–H groups in total. The van der Waals surface area contributed by atoms with Gasteiger partial charge in [0.25, 0.3) is 0 Å². The SMILES string of the molecule is c1c2c3cc4c1OCCCCCCCCCCCCOc1cc5c(cc1OCCCCCCCCCCCCO4)Cc1cc4c6cc1Cc1cc7c(cc1C5)OCCCCCCCCCCCCOc1cc(c(cc1OCCCCCCCCCCCCO7)C3)Cc1cc(c(cc1C2)OCCCCCCCCCCCCO6)OCCCCCCCCCCCCO4. The summed E-state index contributed by atoms with van der Waals surface area (Å²) < 4.78 is 85.1. The summed E-state index contributed by atoms with van der Waals surface area (Å²) in [4.78, 5) is 0. The van der Waals surface area contributed by atoms with Crippen molar-refractivity contribution in [1.82, 2.24) is 0 Å². The molecule has 6 aromatic carbocycles. The van der Waals surface area contributed by atoms with Gasteiger partial charge in [0.05, 0.1) is 79.3 Å². The second kappa shape index (κ2) is 57.9. The molecule has 0 radical (unpaired) electrons. The van der Waals surface area contributed by atoms with Gasteiger partial charge >= 0.3 is 0 Å². The summed E-state index contributed by atoms with van der Waals surface area (Å²) in [6.45, 7) is 8.01. The van der Waals surface area contributed by atoms with Crippen LogP contribution in [0.3, 0.4) is 0 Å². The Morgan fingerprint density at radius 1 is 0.0873 bits per heavy atom. The number of rotatable bonds is 0. The van der Waals surface area contributed by atoms with E-state index in [4.69, 9.17) is 56.8 Å². The van der Waals surface area contributed by atoms with E-state index in [1.807, 2.05) is 0 Å². The number of hydrogen-bond acceptors (Lipinski definition) is 12. The van der Waals surface area contributed by atoms with Crippen LogP contribution in [0.2, 0.25) is 0 Å². The highest BCUT2D eigenvalue weighted by Crippen LogP contribution is 2.46. The van der Waals surface area contributed by atoms with Gasteiger partial charge in [-0.3, -0.25) is 0 Å². The normalized spacial score (nSPS) is 20.6. The summed E-state index contributed by atoms with van der Waals surface area (Å²) in [6, 6.07) is 28.6. The van der Waals surface area contributed by atoms with Crippen molar-refractivity contribution in [2.45, 2.75) is 424 Å². The Hall–Kier alpha value is -7.08. The van der Waals surface area contributed by atoms with Crippen molar-refractivity contribution in [3.63, 3.8) is 0 Å². The minimum absolute atomic E-state index is 0.667. The molecular formula is C114H168O12. The van der Waals surface area contributed by atoms with E-state index in [-0.39, 0.29) is 0 Å². The van der Waals surface area contributed by atoms with Gasteiger partial charge in [-0.05, 0) is 255 Å². The third kappa shape index (κ3) is 34.0. The molecule has 0 amide bonds. The molecular weight excluding hydrogens is 1560 g/mol. The Balaban J connectivity index is 0.920. The van der Waals surface area contributed by atoms with Gasteiger partial charge in [-0.15, -0.1) is 0 Å². The number of benzene rings is 6. The zero-order chi connectivity index (χ0) is 86.0. The van der Waals surface area contributed by atoms with Crippen LogP contribution in [-0.2, 0) is 38.5 Å². The van der Waals surface area contributed by atoms with Crippen LogP contribution in [0.25, 0.3) is 0 Å². The van der Waals surface area contributed by atoms with Crippen LogP contribution >= 0.6 is 0 Å². The highest BCUT2D eigenvalue weighted by molar-refractivity contribution is 5.61. The van der Waals surface area contributed by atoms with Crippen molar-refractivity contribution >= 4 is 0 Å². The first-order valence-corrected chi connectivity index (χ1v) is 53.1. The third-order valence-electron chi connectivity index (χ3n) is 28.2. The van der Waals surface area contributed by atoms with Gasteiger partial charge in [0.15, 0.2) is 69.0 Å². The number of ether oxygens (including phenoxy) is 12. The summed E-state index contributed by atoms with van der Waals surface area (Å²) in [7, 11) is 0. The first-order valence-electron chi connectivity index (χ1n) is 53.1. The number of fused-ring (bicyclic) bond motifs is 12. The van der Waals surface area contributed by atoms with Gasteiger partial charge in [-0.1, -0.05) is 308 Å². The van der Waals surface area contributed by atoms with E-state index in [1.165, 1.54) is 298 Å². The minimum Gasteiger partial charge on any atom is -0.490 e. The molecule has 6 aromatic rings. The highest BCUT2D eigenvalue weighted by Gasteiger charge is 2.28. The van der Waals surface area contributed by atoms with E-state index in [2.05, 4.69) is 72.8 Å². The Kier molecular flexibility index (Phi) is 44.3. The van der Waals surface area contributed by atoms with Gasteiger partial charge < -0.3 is 56.8 Å². The fourth-order valence-electron chi connectivity index (χ4n) is 20.3. The third-order valence-corrected chi connectivity index (χ3v) is 28.2. The van der Waals surface area contributed by atoms with Crippen LogP contribution in [0, 0.1) is 0 Å². The van der Waals surface area contributed by atoms with E-state index in [1.54, 1.807) is 0 Å². The first kappa shape index (κ1) is 96.5. The van der Waals surface area contributed by atoms with Gasteiger partial charge in [0, 0.05) is 0 Å².